The predicted octanol–water partition coefficient (Wildman–Crippen LogP) is -1.76. The number of nitrogens with two attached hydrogens (primary N) is 1. The molecule has 1 aromatic rings. The van der Waals surface area contributed by atoms with Gasteiger partial charge in [-0.3, -0.25) is 19.2 Å². The van der Waals surface area contributed by atoms with Crippen molar-refractivity contribution in [1.29, 1.82) is 5.26 Å². The average molecular weight is 472 g/mol. The Hall–Kier alpha value is -3.10. The Morgan fingerprint density at radius 3 is 2.67 bits per heavy atom. The maximum atomic E-state index is 13.3. The van der Waals surface area contributed by atoms with E-state index in [0.29, 0.717) is 36.4 Å². The normalized spacial score (nSPS) is 25.2. The number of carbonyl (C=O) groups is 4. The summed E-state index contributed by atoms with van der Waals surface area (Å²) in [7, 11) is 0. The van der Waals surface area contributed by atoms with Gasteiger partial charge in [0.05, 0.1) is 23.9 Å². The van der Waals surface area contributed by atoms with Crippen molar-refractivity contribution >= 4 is 35.4 Å². The van der Waals surface area contributed by atoms with Gasteiger partial charge >= 0.3 is 0 Å². The number of nitriles is 1. The van der Waals surface area contributed by atoms with Crippen LogP contribution in [0.1, 0.15) is 28.8 Å². The van der Waals surface area contributed by atoms with Crippen LogP contribution in [0.2, 0.25) is 0 Å². The van der Waals surface area contributed by atoms with Crippen molar-refractivity contribution in [3.05, 3.63) is 35.4 Å². The highest BCUT2D eigenvalue weighted by molar-refractivity contribution is 7.99. The van der Waals surface area contributed by atoms with E-state index in [1.54, 1.807) is 45.8 Å². The van der Waals surface area contributed by atoms with Gasteiger partial charge in [-0.25, -0.2) is 0 Å². The Bertz CT molecular complexity index is 972. The number of amides is 4. The molecule has 0 unspecified atom stereocenters. The highest BCUT2D eigenvalue weighted by Crippen LogP contribution is 2.18. The molecule has 10 nitrogen and oxygen atoms in total. The van der Waals surface area contributed by atoms with Crippen molar-refractivity contribution in [3.8, 4) is 6.07 Å². The van der Waals surface area contributed by atoms with Crippen LogP contribution in [-0.2, 0) is 14.4 Å². The number of nitrogens with zero attached hydrogens (tertiary/aromatic N) is 3. The highest BCUT2D eigenvalue weighted by Gasteiger charge is 2.42. The second-order valence-electron chi connectivity index (χ2n) is 8.36. The molecule has 4 N–H and O–H groups in total. The van der Waals surface area contributed by atoms with Crippen LogP contribution < -0.4 is 16.0 Å². The third-order valence-corrected chi connectivity index (χ3v) is 7.25. The topological polar surface area (TPSA) is 139 Å². The van der Waals surface area contributed by atoms with Crippen molar-refractivity contribution in [2.45, 2.75) is 31.0 Å². The molecule has 0 saturated carbocycles. The Kier molecular flexibility index (Phi) is 7.15. The molecule has 3 atom stereocenters. The molecule has 4 rings (SSSR count). The minimum absolute atomic E-state index is 0.0462. The van der Waals surface area contributed by atoms with Gasteiger partial charge in [0.1, 0.15) is 18.0 Å². The second-order valence-corrected chi connectivity index (χ2v) is 9.44. The molecule has 0 spiro atoms. The monoisotopic (exact) mass is 471 g/mol. The molecule has 0 bridgehead atoms. The van der Waals surface area contributed by atoms with Crippen LogP contribution in [0.25, 0.3) is 0 Å². The van der Waals surface area contributed by atoms with Gasteiger partial charge in [0, 0.05) is 25.2 Å². The second kappa shape index (κ2) is 10.2. The minimum atomic E-state index is -0.873. The minimum Gasteiger partial charge on any atom is -0.354 e. The Morgan fingerprint density at radius 2 is 2.00 bits per heavy atom. The number of piperidine rings is 1. The fraction of sp³-hybridized carbons (Fsp3) is 0.500. The lowest BCUT2D eigenvalue weighted by Gasteiger charge is -2.41. The standard InChI is InChI=1S/C22H26N6O4S/c23-10-14-3-5-15(6-4-14)21(31)27-8-9-28(22(32)17-12-33-13-25-17)18(11-27)20(30)26-16-2-1-7-24-19(16)29/h3-6,16-18,25H,1-2,7-9,11-13H2,(H,24,29)(H,26,30)/p+1/t16-,17-,18-/m0/s1. The molecule has 3 aliphatic heterocycles. The Labute approximate surface area is 196 Å². The number of piperazine rings is 1. The summed E-state index contributed by atoms with van der Waals surface area (Å²) in [6.45, 7) is 1.18. The summed E-state index contributed by atoms with van der Waals surface area (Å²) in [6, 6.07) is 6.59. The van der Waals surface area contributed by atoms with Gasteiger partial charge in [-0.1, -0.05) is 11.8 Å². The summed E-state index contributed by atoms with van der Waals surface area (Å²) in [5.74, 6) is 0.458. The summed E-state index contributed by atoms with van der Waals surface area (Å²) < 4.78 is 0. The first-order valence-corrected chi connectivity index (χ1v) is 12.2. The maximum absolute atomic E-state index is 13.3. The lowest BCUT2D eigenvalue weighted by molar-refractivity contribution is -0.649. The molecule has 3 heterocycles. The zero-order chi connectivity index (χ0) is 23.4. The van der Waals surface area contributed by atoms with E-state index < -0.39 is 18.0 Å². The summed E-state index contributed by atoms with van der Waals surface area (Å²) in [4.78, 5) is 54.8. The third-order valence-electron chi connectivity index (χ3n) is 6.23. The number of nitrogens with one attached hydrogen (secondary N) is 2. The SMILES string of the molecule is N#Cc1ccc(C(=O)N2CCN(C(=O)[C@@H]3CSC[NH2+]3)[C@H](C(=O)N[C@H]3CCCNC3=O)C2)cc1. The smallest absolute Gasteiger partial charge is 0.282 e. The van der Waals surface area contributed by atoms with Crippen LogP contribution in [0, 0.1) is 11.3 Å². The maximum Gasteiger partial charge on any atom is 0.282 e. The first-order chi connectivity index (χ1) is 16.0. The van der Waals surface area contributed by atoms with E-state index in [4.69, 9.17) is 5.26 Å². The lowest BCUT2D eigenvalue weighted by Crippen LogP contribution is -2.90. The number of benzene rings is 1. The van der Waals surface area contributed by atoms with E-state index in [-0.39, 0.29) is 36.9 Å². The molecule has 0 aromatic heterocycles. The van der Waals surface area contributed by atoms with E-state index in [1.807, 2.05) is 11.4 Å². The number of quaternary nitrogens is 1. The lowest BCUT2D eigenvalue weighted by atomic mass is 10.0. The van der Waals surface area contributed by atoms with Crippen LogP contribution in [0.15, 0.2) is 24.3 Å². The Balaban J connectivity index is 1.51. The van der Waals surface area contributed by atoms with E-state index in [1.165, 1.54) is 0 Å². The number of carbonyl (C=O) groups excluding carboxylic acids is 4. The molecule has 0 aliphatic carbocycles. The van der Waals surface area contributed by atoms with Crippen molar-refractivity contribution in [3.63, 3.8) is 0 Å². The summed E-state index contributed by atoms with van der Waals surface area (Å²) >= 11 is 1.67. The Morgan fingerprint density at radius 1 is 1.21 bits per heavy atom. The average Bonchev–Trinajstić information content (AvgIpc) is 3.39. The van der Waals surface area contributed by atoms with Gasteiger partial charge in [0.2, 0.25) is 11.8 Å². The zero-order valence-electron chi connectivity index (χ0n) is 18.2. The third kappa shape index (κ3) is 5.12. The van der Waals surface area contributed by atoms with Crippen LogP contribution in [0.4, 0.5) is 0 Å². The van der Waals surface area contributed by atoms with Crippen molar-refractivity contribution in [2.24, 2.45) is 0 Å². The molecule has 4 amide bonds. The molecule has 3 saturated heterocycles. The largest absolute Gasteiger partial charge is 0.354 e. The first-order valence-electron chi connectivity index (χ1n) is 11.1. The summed E-state index contributed by atoms with van der Waals surface area (Å²) in [6.07, 6.45) is 1.31. The fourth-order valence-electron chi connectivity index (χ4n) is 4.34. The van der Waals surface area contributed by atoms with Crippen LogP contribution >= 0.6 is 11.8 Å². The van der Waals surface area contributed by atoms with Crippen LogP contribution in [0.3, 0.4) is 0 Å². The van der Waals surface area contributed by atoms with Gasteiger partial charge in [-0.15, -0.1) is 0 Å². The van der Waals surface area contributed by atoms with Crippen LogP contribution in [-0.4, -0.2) is 89.4 Å². The number of thioether (sulfide) groups is 1. The van der Waals surface area contributed by atoms with Crippen molar-refractivity contribution in [1.82, 2.24) is 20.4 Å². The van der Waals surface area contributed by atoms with Gasteiger partial charge in [-0.2, -0.15) is 5.26 Å². The number of rotatable bonds is 4. The van der Waals surface area contributed by atoms with Gasteiger partial charge < -0.3 is 25.8 Å². The molecule has 3 aliphatic rings. The van der Waals surface area contributed by atoms with E-state index in [2.05, 4.69) is 10.6 Å². The molecule has 0 radical (unpaired) electrons. The summed E-state index contributed by atoms with van der Waals surface area (Å²) in [5.41, 5.74) is 0.871. The first kappa shape index (κ1) is 23.1. The van der Waals surface area contributed by atoms with Crippen LogP contribution in [0.5, 0.6) is 0 Å². The number of hydrogen-bond acceptors (Lipinski definition) is 6. The van der Waals surface area contributed by atoms with E-state index in [0.717, 1.165) is 12.3 Å². The van der Waals surface area contributed by atoms with Gasteiger partial charge in [0.15, 0.2) is 6.04 Å². The van der Waals surface area contributed by atoms with Crippen molar-refractivity contribution in [2.75, 3.05) is 37.8 Å². The van der Waals surface area contributed by atoms with Gasteiger partial charge in [-0.05, 0) is 37.1 Å². The fourth-order valence-corrected chi connectivity index (χ4v) is 5.37. The van der Waals surface area contributed by atoms with E-state index >= 15 is 0 Å². The summed E-state index contributed by atoms with van der Waals surface area (Å²) in [5, 5.41) is 16.5. The van der Waals surface area contributed by atoms with Gasteiger partial charge in [0.25, 0.3) is 11.8 Å². The highest BCUT2D eigenvalue weighted by atomic mass is 32.2. The molecular formula is C22H27N6O4S+. The molecular weight excluding hydrogens is 444 g/mol. The quantitative estimate of drug-likeness (QED) is 0.476. The molecule has 11 heteroatoms. The predicted molar refractivity (Wildman–Crippen MR) is 120 cm³/mol. The number of hydrogen-bond donors (Lipinski definition) is 3. The molecule has 174 valence electrons. The molecule has 1 aromatic carbocycles. The van der Waals surface area contributed by atoms with Crippen molar-refractivity contribution < 1.29 is 24.5 Å². The molecule has 33 heavy (non-hydrogen) atoms. The van der Waals surface area contributed by atoms with E-state index in [9.17, 15) is 19.2 Å². The molecule has 3 fully saturated rings. The zero-order valence-corrected chi connectivity index (χ0v) is 19.0.